The van der Waals surface area contributed by atoms with Crippen LogP contribution in [0.2, 0.25) is 5.15 Å². The maximum absolute atomic E-state index is 12.3. The molecule has 2 rings (SSSR count). The molecule has 19 heavy (non-hydrogen) atoms. The van der Waals surface area contributed by atoms with E-state index in [1.165, 1.54) is 0 Å². The lowest BCUT2D eigenvalue weighted by Crippen LogP contribution is -2.27. The third-order valence-electron chi connectivity index (χ3n) is 2.51. The van der Waals surface area contributed by atoms with Gasteiger partial charge in [0.1, 0.15) is 5.15 Å². The van der Waals surface area contributed by atoms with E-state index in [1.807, 2.05) is 18.2 Å². The summed E-state index contributed by atoms with van der Waals surface area (Å²) in [7, 11) is 1.70. The molecule has 0 atom stereocenters. The third kappa shape index (κ3) is 3.52. The van der Waals surface area contributed by atoms with Gasteiger partial charge in [0, 0.05) is 23.9 Å². The maximum Gasteiger partial charge on any atom is 0.257 e. The number of hydrogen-bond acceptors (Lipinski definition) is 3. The number of rotatable bonds is 3. The molecule has 0 saturated heterocycles. The first-order valence-electron chi connectivity index (χ1n) is 5.54. The van der Waals surface area contributed by atoms with Gasteiger partial charge in [-0.3, -0.25) is 9.78 Å². The summed E-state index contributed by atoms with van der Waals surface area (Å²) in [6, 6.07) is 7.24. The quantitative estimate of drug-likeness (QED) is 0.806. The number of aromatic nitrogens is 2. The Bertz CT molecular complexity index is 592. The van der Waals surface area contributed by atoms with Crippen molar-refractivity contribution in [3.8, 4) is 0 Å². The summed E-state index contributed by atoms with van der Waals surface area (Å²) in [5, 5.41) is 0.195. The predicted molar refractivity (Wildman–Crippen MR) is 77.0 cm³/mol. The molecule has 2 aromatic heterocycles. The molecule has 2 heterocycles. The molecule has 0 spiro atoms. The standard InChI is InChI=1S/C13H11BrClN3O/c1-18(8-10-4-2-3-5-16-10)13(19)11-6-9(14)7-17-12(11)15/h2-7H,8H2,1H3. The van der Waals surface area contributed by atoms with Gasteiger partial charge in [-0.1, -0.05) is 17.7 Å². The Hall–Kier alpha value is -1.46. The number of carbonyl (C=O) groups is 1. The fourth-order valence-corrected chi connectivity index (χ4v) is 2.10. The summed E-state index contributed by atoms with van der Waals surface area (Å²) in [5.74, 6) is -0.190. The Morgan fingerprint density at radius 3 is 2.89 bits per heavy atom. The molecule has 4 nitrogen and oxygen atoms in total. The van der Waals surface area contributed by atoms with E-state index in [9.17, 15) is 4.79 Å². The predicted octanol–water partition coefficient (Wildman–Crippen LogP) is 3.16. The summed E-state index contributed by atoms with van der Waals surface area (Å²) < 4.78 is 0.714. The molecule has 0 bridgehead atoms. The van der Waals surface area contributed by atoms with E-state index in [2.05, 4.69) is 25.9 Å². The summed E-state index contributed by atoms with van der Waals surface area (Å²) in [6.07, 6.45) is 3.25. The van der Waals surface area contributed by atoms with E-state index in [-0.39, 0.29) is 11.1 Å². The molecule has 0 aliphatic carbocycles. The summed E-state index contributed by atoms with van der Waals surface area (Å²) >= 11 is 9.22. The molecule has 0 fully saturated rings. The third-order valence-corrected chi connectivity index (χ3v) is 3.24. The monoisotopic (exact) mass is 339 g/mol. The van der Waals surface area contributed by atoms with E-state index in [1.54, 1.807) is 30.4 Å². The van der Waals surface area contributed by atoms with Crippen molar-refractivity contribution in [1.29, 1.82) is 0 Å². The van der Waals surface area contributed by atoms with Crippen LogP contribution in [0.5, 0.6) is 0 Å². The van der Waals surface area contributed by atoms with Crippen LogP contribution in [-0.2, 0) is 6.54 Å². The van der Waals surface area contributed by atoms with Crippen LogP contribution >= 0.6 is 27.5 Å². The number of hydrogen-bond donors (Lipinski definition) is 0. The number of carbonyl (C=O) groups excluding carboxylic acids is 1. The number of amides is 1. The summed E-state index contributed by atoms with van der Waals surface area (Å²) in [6.45, 7) is 0.419. The average molecular weight is 341 g/mol. The van der Waals surface area contributed by atoms with Crippen molar-refractivity contribution in [3.63, 3.8) is 0 Å². The van der Waals surface area contributed by atoms with Crippen molar-refractivity contribution >= 4 is 33.4 Å². The SMILES string of the molecule is CN(Cc1ccccn1)C(=O)c1cc(Br)cnc1Cl. The highest BCUT2D eigenvalue weighted by Gasteiger charge is 2.17. The normalized spacial score (nSPS) is 10.3. The van der Waals surface area contributed by atoms with Gasteiger partial charge in [-0.2, -0.15) is 0 Å². The second-order valence-electron chi connectivity index (χ2n) is 3.97. The van der Waals surface area contributed by atoms with Gasteiger partial charge >= 0.3 is 0 Å². The lowest BCUT2D eigenvalue weighted by Gasteiger charge is -2.17. The van der Waals surface area contributed by atoms with Gasteiger partial charge in [-0.05, 0) is 34.1 Å². The Morgan fingerprint density at radius 1 is 1.42 bits per heavy atom. The van der Waals surface area contributed by atoms with Crippen molar-refractivity contribution in [2.75, 3.05) is 7.05 Å². The molecule has 0 aliphatic rings. The van der Waals surface area contributed by atoms with Crippen molar-refractivity contribution < 1.29 is 4.79 Å². The molecule has 0 saturated carbocycles. The van der Waals surface area contributed by atoms with Gasteiger partial charge in [0.25, 0.3) is 5.91 Å². The summed E-state index contributed by atoms with van der Waals surface area (Å²) in [4.78, 5) is 22.0. The first-order chi connectivity index (χ1) is 9.08. The van der Waals surface area contributed by atoms with Gasteiger partial charge in [0.05, 0.1) is 17.8 Å². The Balaban J connectivity index is 2.17. The van der Waals surface area contributed by atoms with E-state index in [4.69, 9.17) is 11.6 Å². The largest absolute Gasteiger partial charge is 0.336 e. The van der Waals surface area contributed by atoms with E-state index < -0.39 is 0 Å². The highest BCUT2D eigenvalue weighted by Crippen LogP contribution is 2.19. The lowest BCUT2D eigenvalue weighted by atomic mass is 10.2. The topological polar surface area (TPSA) is 46.1 Å². The van der Waals surface area contributed by atoms with Crippen LogP contribution in [-0.4, -0.2) is 27.8 Å². The van der Waals surface area contributed by atoms with Crippen molar-refractivity contribution in [3.05, 3.63) is 57.5 Å². The van der Waals surface area contributed by atoms with Crippen molar-refractivity contribution in [2.45, 2.75) is 6.54 Å². The highest BCUT2D eigenvalue weighted by molar-refractivity contribution is 9.10. The molecule has 0 N–H and O–H groups in total. The van der Waals surface area contributed by atoms with Gasteiger partial charge < -0.3 is 4.90 Å². The van der Waals surface area contributed by atoms with E-state index in [0.717, 1.165) is 5.69 Å². The minimum atomic E-state index is -0.190. The minimum Gasteiger partial charge on any atom is -0.336 e. The van der Waals surface area contributed by atoms with Crippen LogP contribution < -0.4 is 0 Å². The fourth-order valence-electron chi connectivity index (χ4n) is 1.58. The Kier molecular flexibility index (Phi) is 4.50. The molecular weight excluding hydrogens is 330 g/mol. The summed E-state index contributed by atoms with van der Waals surface area (Å²) in [5.41, 5.74) is 1.19. The zero-order valence-electron chi connectivity index (χ0n) is 10.2. The lowest BCUT2D eigenvalue weighted by molar-refractivity contribution is 0.0783. The molecule has 0 aromatic carbocycles. The zero-order valence-corrected chi connectivity index (χ0v) is 12.5. The minimum absolute atomic E-state index is 0.190. The number of nitrogens with zero attached hydrogens (tertiary/aromatic N) is 3. The van der Waals surface area contributed by atoms with Crippen LogP contribution in [0.25, 0.3) is 0 Å². The van der Waals surface area contributed by atoms with Crippen LogP contribution in [0, 0.1) is 0 Å². The van der Waals surface area contributed by atoms with Crippen molar-refractivity contribution in [2.24, 2.45) is 0 Å². The second-order valence-corrected chi connectivity index (χ2v) is 5.25. The number of pyridine rings is 2. The maximum atomic E-state index is 12.3. The van der Waals surface area contributed by atoms with E-state index in [0.29, 0.717) is 16.6 Å². The molecule has 6 heteroatoms. The molecule has 0 aliphatic heterocycles. The van der Waals surface area contributed by atoms with Gasteiger partial charge in [0.2, 0.25) is 0 Å². The van der Waals surface area contributed by atoms with Gasteiger partial charge in [-0.25, -0.2) is 4.98 Å². The Labute approximate surface area is 124 Å². The fraction of sp³-hybridized carbons (Fsp3) is 0.154. The van der Waals surface area contributed by atoms with Crippen LogP contribution in [0.4, 0.5) is 0 Å². The van der Waals surface area contributed by atoms with E-state index >= 15 is 0 Å². The molecule has 0 radical (unpaired) electrons. The highest BCUT2D eigenvalue weighted by atomic mass is 79.9. The average Bonchev–Trinajstić information content (AvgIpc) is 2.42. The van der Waals surface area contributed by atoms with Crippen LogP contribution in [0.1, 0.15) is 16.1 Å². The molecule has 0 unspecified atom stereocenters. The Morgan fingerprint density at radius 2 is 2.21 bits per heavy atom. The molecule has 1 amide bonds. The van der Waals surface area contributed by atoms with Crippen LogP contribution in [0.15, 0.2) is 41.1 Å². The number of halogens is 2. The van der Waals surface area contributed by atoms with Gasteiger partial charge in [-0.15, -0.1) is 0 Å². The molecular formula is C13H11BrClN3O. The van der Waals surface area contributed by atoms with Crippen LogP contribution in [0.3, 0.4) is 0 Å². The second kappa shape index (κ2) is 6.12. The first kappa shape index (κ1) is 14.0. The first-order valence-corrected chi connectivity index (χ1v) is 6.71. The zero-order chi connectivity index (χ0) is 13.8. The smallest absolute Gasteiger partial charge is 0.257 e. The van der Waals surface area contributed by atoms with Gasteiger partial charge in [0.15, 0.2) is 0 Å². The molecule has 98 valence electrons. The molecule has 2 aromatic rings. The van der Waals surface area contributed by atoms with Crippen molar-refractivity contribution in [1.82, 2.24) is 14.9 Å².